The zero-order chi connectivity index (χ0) is 16.2. The van der Waals surface area contributed by atoms with E-state index in [1.165, 1.54) is 24.8 Å². The van der Waals surface area contributed by atoms with Gasteiger partial charge in [-0.25, -0.2) is 4.98 Å². The molecular weight excluding hydrogens is 356 g/mol. The lowest BCUT2D eigenvalue weighted by atomic mass is 9.98. The van der Waals surface area contributed by atoms with Gasteiger partial charge in [0.05, 0.1) is 6.04 Å². The van der Waals surface area contributed by atoms with Gasteiger partial charge < -0.3 is 15.5 Å². The largest absolute Gasteiger partial charge is 0.309 e. The molecule has 1 aliphatic heterocycles. The Morgan fingerprint density at radius 3 is 2.91 bits per heavy atom. The summed E-state index contributed by atoms with van der Waals surface area (Å²) < 4.78 is 0.767. The highest BCUT2D eigenvalue weighted by molar-refractivity contribution is 9.10. The Labute approximate surface area is 145 Å². The number of amides is 1. The quantitative estimate of drug-likeness (QED) is 0.772. The summed E-state index contributed by atoms with van der Waals surface area (Å²) in [4.78, 5) is 19.4. The van der Waals surface area contributed by atoms with Crippen LogP contribution in [-0.2, 0) is 4.79 Å². The number of carbonyl (C=O) groups is 1. The topological polar surface area (TPSA) is 57.3 Å². The summed E-state index contributed by atoms with van der Waals surface area (Å²) in [6.07, 6.45) is 4.51. The van der Waals surface area contributed by atoms with Gasteiger partial charge in [-0.15, -0.1) is 0 Å². The van der Waals surface area contributed by atoms with E-state index in [1.54, 1.807) is 0 Å². The fourth-order valence-electron chi connectivity index (χ4n) is 4.03. The lowest BCUT2D eigenvalue weighted by Gasteiger charge is -2.19. The molecule has 0 unspecified atom stereocenters. The number of rotatable bonds is 5. The van der Waals surface area contributed by atoms with Crippen molar-refractivity contribution in [2.75, 3.05) is 26.0 Å². The molecule has 0 radical (unpaired) electrons. The molecule has 1 amide bonds. The van der Waals surface area contributed by atoms with Crippen LogP contribution in [-0.4, -0.2) is 48.5 Å². The van der Waals surface area contributed by atoms with E-state index in [0.717, 1.165) is 23.4 Å². The van der Waals surface area contributed by atoms with E-state index in [1.807, 2.05) is 6.07 Å². The minimum atomic E-state index is -0.0958. The molecule has 0 bridgehead atoms. The molecule has 3 aliphatic rings. The van der Waals surface area contributed by atoms with Gasteiger partial charge in [-0.2, -0.15) is 0 Å². The Hall–Kier alpha value is -0.980. The van der Waals surface area contributed by atoms with Gasteiger partial charge in [0, 0.05) is 18.0 Å². The second-order valence-electron chi connectivity index (χ2n) is 7.62. The van der Waals surface area contributed by atoms with E-state index in [4.69, 9.17) is 0 Å². The molecule has 2 saturated carbocycles. The summed E-state index contributed by atoms with van der Waals surface area (Å²) in [5.74, 6) is 1.36. The molecule has 1 aromatic rings. The molecule has 2 N–H and O–H groups in total. The van der Waals surface area contributed by atoms with Crippen molar-refractivity contribution in [3.63, 3.8) is 0 Å². The predicted octanol–water partition coefficient (Wildman–Crippen LogP) is 2.34. The van der Waals surface area contributed by atoms with E-state index >= 15 is 0 Å². The molecule has 2 aliphatic carbocycles. The van der Waals surface area contributed by atoms with Crippen LogP contribution in [0.3, 0.4) is 0 Å². The first-order chi connectivity index (χ1) is 11.0. The number of hydrogen-bond donors (Lipinski definition) is 2. The lowest BCUT2D eigenvalue weighted by molar-refractivity contribution is -0.118. The van der Waals surface area contributed by atoms with Crippen molar-refractivity contribution < 1.29 is 4.79 Å². The van der Waals surface area contributed by atoms with Crippen molar-refractivity contribution in [1.29, 1.82) is 0 Å². The number of piperidine rings is 1. The zero-order valence-electron chi connectivity index (χ0n) is 13.6. The van der Waals surface area contributed by atoms with Crippen molar-refractivity contribution >= 4 is 27.7 Å². The SMILES string of the molecule is CN(C)C[C@@]12C[C@@H](C(=O)Nc3nc(Br)ccc3C3CC3)N[C@@H]1C2. The fraction of sp³-hybridized carbons (Fsp3) is 0.647. The number of pyridine rings is 1. The van der Waals surface area contributed by atoms with Gasteiger partial charge in [-0.3, -0.25) is 4.79 Å². The lowest BCUT2D eigenvalue weighted by Crippen LogP contribution is -2.38. The Balaban J connectivity index is 1.44. The van der Waals surface area contributed by atoms with Gasteiger partial charge in [0.25, 0.3) is 0 Å². The number of aromatic nitrogens is 1. The van der Waals surface area contributed by atoms with Crippen molar-refractivity contribution in [2.45, 2.75) is 43.7 Å². The van der Waals surface area contributed by atoms with E-state index in [0.29, 0.717) is 17.4 Å². The average molecular weight is 379 g/mol. The Morgan fingerprint density at radius 2 is 2.22 bits per heavy atom. The van der Waals surface area contributed by atoms with Crippen LogP contribution in [0.4, 0.5) is 5.82 Å². The summed E-state index contributed by atoms with van der Waals surface area (Å²) in [5.41, 5.74) is 1.47. The maximum Gasteiger partial charge on any atom is 0.242 e. The second kappa shape index (κ2) is 5.53. The predicted molar refractivity (Wildman–Crippen MR) is 93.5 cm³/mol. The van der Waals surface area contributed by atoms with Crippen molar-refractivity contribution in [2.24, 2.45) is 5.41 Å². The molecular formula is C17H23BrN4O. The number of anilines is 1. The molecule has 4 rings (SSSR count). The third kappa shape index (κ3) is 3.04. The zero-order valence-corrected chi connectivity index (χ0v) is 15.2. The first kappa shape index (κ1) is 15.5. The number of halogens is 1. The van der Waals surface area contributed by atoms with Gasteiger partial charge in [-0.05, 0) is 73.3 Å². The van der Waals surface area contributed by atoms with Gasteiger partial charge in [-0.1, -0.05) is 6.07 Å². The minimum absolute atomic E-state index is 0.0582. The van der Waals surface area contributed by atoms with Crippen LogP contribution < -0.4 is 10.6 Å². The van der Waals surface area contributed by atoms with Crippen LogP contribution in [0.5, 0.6) is 0 Å². The molecule has 1 saturated heterocycles. The van der Waals surface area contributed by atoms with Gasteiger partial charge in [0.15, 0.2) is 0 Å². The normalized spacial score (nSPS) is 32.0. The monoisotopic (exact) mass is 378 g/mol. The summed E-state index contributed by atoms with van der Waals surface area (Å²) in [6, 6.07) is 4.44. The van der Waals surface area contributed by atoms with E-state index in [9.17, 15) is 4.79 Å². The Morgan fingerprint density at radius 1 is 1.43 bits per heavy atom. The van der Waals surface area contributed by atoms with Crippen LogP contribution in [0.25, 0.3) is 0 Å². The molecule has 1 aromatic heterocycles. The van der Waals surface area contributed by atoms with E-state index in [-0.39, 0.29) is 11.9 Å². The molecule has 3 fully saturated rings. The van der Waals surface area contributed by atoms with Gasteiger partial charge >= 0.3 is 0 Å². The molecule has 0 aromatic carbocycles. The summed E-state index contributed by atoms with van der Waals surface area (Å²) >= 11 is 3.41. The maximum absolute atomic E-state index is 12.7. The Bertz CT molecular complexity index is 645. The summed E-state index contributed by atoms with van der Waals surface area (Å²) in [5, 5.41) is 6.56. The molecule has 5 nitrogen and oxygen atoms in total. The van der Waals surface area contributed by atoms with Crippen LogP contribution in [0.2, 0.25) is 0 Å². The van der Waals surface area contributed by atoms with Crippen molar-refractivity contribution in [3.8, 4) is 0 Å². The smallest absolute Gasteiger partial charge is 0.242 e. The van der Waals surface area contributed by atoms with Crippen LogP contribution in [0, 0.1) is 5.41 Å². The number of hydrogen-bond acceptors (Lipinski definition) is 4. The number of fused-ring (bicyclic) bond motifs is 1. The fourth-order valence-corrected chi connectivity index (χ4v) is 4.34. The standard InChI is InChI=1S/C17H23BrN4O/c1-22(2)9-17-7-12(19-13(17)8-17)16(23)21-15-11(10-3-4-10)5-6-14(18)20-15/h5-6,10,12-13,19H,3-4,7-9H2,1-2H3,(H,20,21,23)/t12-,13+,17-/m0/s1. The molecule has 2 heterocycles. The molecule has 0 spiro atoms. The number of carbonyl (C=O) groups excluding carboxylic acids is 1. The highest BCUT2D eigenvalue weighted by Crippen LogP contribution is 2.54. The molecule has 124 valence electrons. The molecule has 23 heavy (non-hydrogen) atoms. The summed E-state index contributed by atoms with van der Waals surface area (Å²) in [7, 11) is 4.20. The average Bonchev–Trinajstić information content (AvgIpc) is 3.38. The highest BCUT2D eigenvalue weighted by Gasteiger charge is 2.61. The van der Waals surface area contributed by atoms with Crippen molar-refractivity contribution in [1.82, 2.24) is 15.2 Å². The first-order valence-corrected chi connectivity index (χ1v) is 9.14. The summed E-state index contributed by atoms with van der Waals surface area (Å²) in [6.45, 7) is 1.05. The first-order valence-electron chi connectivity index (χ1n) is 8.35. The van der Waals surface area contributed by atoms with Crippen LogP contribution in [0.1, 0.15) is 37.2 Å². The maximum atomic E-state index is 12.7. The number of nitrogens with zero attached hydrogens (tertiary/aromatic N) is 2. The minimum Gasteiger partial charge on any atom is -0.309 e. The molecule has 3 atom stereocenters. The van der Waals surface area contributed by atoms with Gasteiger partial charge in [0.2, 0.25) is 5.91 Å². The van der Waals surface area contributed by atoms with Crippen LogP contribution in [0.15, 0.2) is 16.7 Å². The van der Waals surface area contributed by atoms with Crippen LogP contribution >= 0.6 is 15.9 Å². The highest BCUT2D eigenvalue weighted by atomic mass is 79.9. The third-order valence-corrected chi connectivity index (χ3v) is 5.74. The van der Waals surface area contributed by atoms with Gasteiger partial charge in [0.1, 0.15) is 10.4 Å². The third-order valence-electron chi connectivity index (χ3n) is 5.30. The van der Waals surface area contributed by atoms with E-state index < -0.39 is 0 Å². The Kier molecular flexibility index (Phi) is 3.74. The van der Waals surface area contributed by atoms with Crippen molar-refractivity contribution in [3.05, 3.63) is 22.3 Å². The number of nitrogens with one attached hydrogen (secondary N) is 2. The second-order valence-corrected chi connectivity index (χ2v) is 8.43. The molecule has 6 heteroatoms. The van der Waals surface area contributed by atoms with E-state index in [2.05, 4.69) is 56.6 Å².